The third-order valence-electron chi connectivity index (χ3n) is 2.62. The van der Waals surface area contributed by atoms with Crippen molar-refractivity contribution in [1.82, 2.24) is 9.97 Å². The molecule has 1 aromatic heterocycles. The average Bonchev–Trinajstić information content (AvgIpc) is 2.34. The predicted octanol–water partition coefficient (Wildman–Crippen LogP) is 2.95. The summed E-state index contributed by atoms with van der Waals surface area (Å²) >= 11 is 6.04. The zero-order chi connectivity index (χ0) is 13.4. The highest BCUT2D eigenvalue weighted by Crippen LogP contribution is 2.16. The smallest absolute Gasteiger partial charge is 0.134 e. The number of aromatic nitrogens is 2. The number of anilines is 1. The molecule has 0 saturated heterocycles. The van der Waals surface area contributed by atoms with Crippen LogP contribution in [0.25, 0.3) is 0 Å². The Morgan fingerprint density at radius 3 is 2.67 bits per heavy atom. The van der Waals surface area contributed by atoms with E-state index in [0.717, 1.165) is 44.2 Å². The summed E-state index contributed by atoms with van der Waals surface area (Å²) in [5.41, 5.74) is 0. The first-order valence-corrected chi connectivity index (χ1v) is 6.95. The molecule has 0 spiro atoms. The van der Waals surface area contributed by atoms with Gasteiger partial charge in [-0.05, 0) is 20.3 Å². The molecule has 0 amide bonds. The lowest BCUT2D eigenvalue weighted by molar-refractivity contribution is 0.154. The third-order valence-corrected chi connectivity index (χ3v) is 2.81. The molecule has 5 heteroatoms. The van der Waals surface area contributed by atoms with Gasteiger partial charge in [0.1, 0.15) is 16.8 Å². The monoisotopic (exact) mass is 271 g/mol. The van der Waals surface area contributed by atoms with Gasteiger partial charge in [0.2, 0.25) is 0 Å². The molecule has 18 heavy (non-hydrogen) atoms. The molecule has 0 aliphatic heterocycles. The first-order valence-electron chi connectivity index (χ1n) is 6.57. The number of rotatable bonds is 8. The van der Waals surface area contributed by atoms with Gasteiger partial charge in [0.15, 0.2) is 0 Å². The molecular formula is C13H22ClN3O. The summed E-state index contributed by atoms with van der Waals surface area (Å²) in [4.78, 5) is 10.9. The molecule has 4 nitrogen and oxygen atoms in total. The molecule has 0 fully saturated rings. The van der Waals surface area contributed by atoms with E-state index in [1.807, 2.05) is 13.0 Å². The van der Waals surface area contributed by atoms with E-state index in [9.17, 15) is 0 Å². The minimum absolute atomic E-state index is 0.512. The molecule has 0 aliphatic carbocycles. The summed E-state index contributed by atoms with van der Waals surface area (Å²) in [5.74, 6) is 1.70. The highest BCUT2D eigenvalue weighted by atomic mass is 35.5. The Morgan fingerprint density at radius 2 is 2.06 bits per heavy atom. The molecule has 0 bridgehead atoms. The topological polar surface area (TPSA) is 38.2 Å². The Bertz CT molecular complexity index is 360. The third kappa shape index (κ3) is 4.78. The van der Waals surface area contributed by atoms with Gasteiger partial charge in [0, 0.05) is 32.2 Å². The number of halogens is 1. The largest absolute Gasteiger partial charge is 0.380 e. The van der Waals surface area contributed by atoms with Crippen molar-refractivity contribution in [2.45, 2.75) is 33.6 Å². The van der Waals surface area contributed by atoms with Gasteiger partial charge in [0.25, 0.3) is 0 Å². The number of hydrogen-bond donors (Lipinski definition) is 0. The van der Waals surface area contributed by atoms with Crippen LogP contribution in [0, 0.1) is 0 Å². The number of hydrogen-bond acceptors (Lipinski definition) is 4. The zero-order valence-electron chi connectivity index (χ0n) is 11.4. The van der Waals surface area contributed by atoms with Gasteiger partial charge in [-0.15, -0.1) is 0 Å². The lowest BCUT2D eigenvalue weighted by Gasteiger charge is -2.22. The Kier molecular flexibility index (Phi) is 6.98. The van der Waals surface area contributed by atoms with E-state index in [4.69, 9.17) is 16.3 Å². The second kappa shape index (κ2) is 8.27. The molecule has 1 rings (SSSR count). The van der Waals surface area contributed by atoms with Crippen molar-refractivity contribution in [3.8, 4) is 0 Å². The van der Waals surface area contributed by atoms with E-state index >= 15 is 0 Å². The number of aryl methyl sites for hydroxylation is 1. The van der Waals surface area contributed by atoms with Crippen LogP contribution in [0.5, 0.6) is 0 Å². The van der Waals surface area contributed by atoms with E-state index in [0.29, 0.717) is 11.8 Å². The van der Waals surface area contributed by atoms with Gasteiger partial charge >= 0.3 is 0 Å². The number of ether oxygens (including phenoxy) is 1. The summed E-state index contributed by atoms with van der Waals surface area (Å²) in [7, 11) is 0. The Labute approximate surface area is 114 Å². The van der Waals surface area contributed by atoms with Crippen molar-refractivity contribution in [3.05, 3.63) is 17.0 Å². The summed E-state index contributed by atoms with van der Waals surface area (Å²) in [6.07, 6.45) is 1.88. The molecule has 0 aliphatic rings. The van der Waals surface area contributed by atoms with Crippen LogP contribution >= 0.6 is 11.6 Å². The minimum Gasteiger partial charge on any atom is -0.380 e. The minimum atomic E-state index is 0.512. The maximum atomic E-state index is 6.04. The molecule has 1 aromatic rings. The van der Waals surface area contributed by atoms with Crippen LogP contribution in [-0.2, 0) is 11.2 Å². The summed E-state index contributed by atoms with van der Waals surface area (Å²) in [6, 6.07) is 1.82. The summed E-state index contributed by atoms with van der Waals surface area (Å²) in [6.45, 7) is 9.35. The van der Waals surface area contributed by atoms with Crippen LogP contribution in [-0.4, -0.2) is 36.3 Å². The summed E-state index contributed by atoms with van der Waals surface area (Å²) in [5, 5.41) is 0.512. The van der Waals surface area contributed by atoms with Gasteiger partial charge in [-0.1, -0.05) is 18.5 Å². The lowest BCUT2D eigenvalue weighted by Crippen LogP contribution is -2.28. The number of nitrogens with zero attached hydrogens (tertiary/aromatic N) is 3. The average molecular weight is 272 g/mol. The Morgan fingerprint density at radius 1 is 1.28 bits per heavy atom. The molecule has 0 N–H and O–H groups in total. The second-order valence-electron chi connectivity index (χ2n) is 3.99. The van der Waals surface area contributed by atoms with E-state index in [2.05, 4.69) is 28.7 Å². The van der Waals surface area contributed by atoms with Crippen LogP contribution in [0.1, 0.15) is 33.0 Å². The molecule has 0 saturated carbocycles. The van der Waals surface area contributed by atoms with E-state index < -0.39 is 0 Å². The Hall–Kier alpha value is -0.870. The predicted molar refractivity (Wildman–Crippen MR) is 75.4 cm³/mol. The maximum Gasteiger partial charge on any atom is 0.134 e. The van der Waals surface area contributed by atoms with Gasteiger partial charge in [-0.25, -0.2) is 9.97 Å². The molecule has 0 radical (unpaired) electrons. The quantitative estimate of drug-likeness (QED) is 0.538. The fraction of sp³-hybridized carbons (Fsp3) is 0.692. The Balaban J connectivity index is 2.77. The first kappa shape index (κ1) is 15.2. The van der Waals surface area contributed by atoms with Crippen LogP contribution < -0.4 is 4.90 Å². The standard InChI is InChI=1S/C13H22ClN3O/c1-4-7-12-15-11(14)10-13(16-12)17(5-2)8-9-18-6-3/h10H,4-9H2,1-3H3. The van der Waals surface area contributed by atoms with Crippen molar-refractivity contribution in [2.75, 3.05) is 31.2 Å². The molecular weight excluding hydrogens is 250 g/mol. The molecule has 102 valence electrons. The lowest BCUT2D eigenvalue weighted by atomic mass is 10.3. The van der Waals surface area contributed by atoms with Crippen LogP contribution in [0.2, 0.25) is 5.15 Å². The van der Waals surface area contributed by atoms with E-state index in [1.165, 1.54) is 0 Å². The van der Waals surface area contributed by atoms with Gasteiger partial charge < -0.3 is 9.64 Å². The second-order valence-corrected chi connectivity index (χ2v) is 4.38. The van der Waals surface area contributed by atoms with E-state index in [-0.39, 0.29) is 0 Å². The first-order chi connectivity index (χ1) is 8.71. The van der Waals surface area contributed by atoms with Crippen LogP contribution in [0.4, 0.5) is 5.82 Å². The highest BCUT2D eigenvalue weighted by Gasteiger charge is 2.09. The van der Waals surface area contributed by atoms with Crippen molar-refractivity contribution in [1.29, 1.82) is 0 Å². The molecule has 1 heterocycles. The zero-order valence-corrected chi connectivity index (χ0v) is 12.2. The molecule has 0 unspecified atom stereocenters. The maximum absolute atomic E-state index is 6.04. The normalized spacial score (nSPS) is 10.7. The van der Waals surface area contributed by atoms with Crippen LogP contribution in [0.15, 0.2) is 6.07 Å². The van der Waals surface area contributed by atoms with E-state index in [1.54, 1.807) is 0 Å². The summed E-state index contributed by atoms with van der Waals surface area (Å²) < 4.78 is 5.38. The van der Waals surface area contributed by atoms with Crippen molar-refractivity contribution < 1.29 is 4.74 Å². The highest BCUT2D eigenvalue weighted by molar-refractivity contribution is 6.29. The van der Waals surface area contributed by atoms with Gasteiger partial charge in [-0.2, -0.15) is 0 Å². The fourth-order valence-electron chi connectivity index (χ4n) is 1.70. The van der Waals surface area contributed by atoms with Crippen molar-refractivity contribution in [2.24, 2.45) is 0 Å². The van der Waals surface area contributed by atoms with Crippen molar-refractivity contribution in [3.63, 3.8) is 0 Å². The van der Waals surface area contributed by atoms with Crippen molar-refractivity contribution >= 4 is 17.4 Å². The van der Waals surface area contributed by atoms with Gasteiger partial charge in [-0.3, -0.25) is 0 Å². The van der Waals surface area contributed by atoms with Crippen LogP contribution in [0.3, 0.4) is 0 Å². The molecule has 0 aromatic carbocycles. The fourth-order valence-corrected chi connectivity index (χ4v) is 1.90. The molecule has 0 atom stereocenters. The SMILES string of the molecule is CCCc1nc(Cl)cc(N(CC)CCOCC)n1. The number of likely N-dealkylation sites (N-methyl/N-ethyl adjacent to an activating group) is 1. The van der Waals surface area contributed by atoms with Gasteiger partial charge in [0.05, 0.1) is 6.61 Å².